The largest absolute Gasteiger partial charge is 0.478 e. The zero-order valence-corrected chi connectivity index (χ0v) is 14.3. The van der Waals surface area contributed by atoms with Crippen molar-refractivity contribution in [3.63, 3.8) is 0 Å². The van der Waals surface area contributed by atoms with E-state index in [0.717, 1.165) is 0 Å². The maximum atomic E-state index is 11.2. The van der Waals surface area contributed by atoms with Crippen molar-refractivity contribution in [2.75, 3.05) is 5.73 Å². The molecule has 0 amide bonds. The zero-order chi connectivity index (χ0) is 19.6. The second-order valence-corrected chi connectivity index (χ2v) is 5.75. The summed E-state index contributed by atoms with van der Waals surface area (Å²) in [5.41, 5.74) is 6.42. The van der Waals surface area contributed by atoms with Crippen LogP contribution in [0.25, 0.3) is 23.0 Å². The number of carboxylic acids is 1. The van der Waals surface area contributed by atoms with Gasteiger partial charge < -0.3 is 15.3 Å². The van der Waals surface area contributed by atoms with E-state index in [1.807, 2.05) is 12.1 Å². The lowest BCUT2D eigenvalue weighted by Crippen LogP contribution is -1.97. The predicted molar refractivity (Wildman–Crippen MR) is 97.3 cm³/mol. The van der Waals surface area contributed by atoms with Crippen LogP contribution in [0.4, 0.5) is 5.82 Å². The highest BCUT2D eigenvalue weighted by Crippen LogP contribution is 2.29. The summed E-state index contributed by atoms with van der Waals surface area (Å²) in [5.74, 6) is -0.440. The molecule has 3 aromatic rings. The number of hydrogen-bond donors (Lipinski definition) is 3. The zero-order valence-electron chi connectivity index (χ0n) is 13.5. The molecule has 9 heteroatoms. The number of furan rings is 1. The fourth-order valence-corrected chi connectivity index (χ4v) is 2.59. The average Bonchev–Trinajstić information content (AvgIpc) is 3.26. The number of carboxylic acid groups (broad SMARTS) is 1. The molecule has 0 atom stereocenters. The molecule has 3 rings (SSSR count). The Balaban J connectivity index is 2.00. The number of H-pyrrole nitrogens is 1. The topological polar surface area (TPSA) is 153 Å². The van der Waals surface area contributed by atoms with E-state index >= 15 is 0 Å². The van der Waals surface area contributed by atoms with Gasteiger partial charge in [-0.3, -0.25) is 5.10 Å². The van der Waals surface area contributed by atoms with Crippen molar-refractivity contribution in [3.8, 4) is 23.5 Å². The Hall–Kier alpha value is -4.01. The van der Waals surface area contributed by atoms with Crippen LogP contribution in [0.15, 0.2) is 34.7 Å². The second-order valence-electron chi connectivity index (χ2n) is 5.34. The van der Waals surface area contributed by atoms with Crippen LogP contribution in [0.5, 0.6) is 0 Å². The summed E-state index contributed by atoms with van der Waals surface area (Å²) >= 11 is 5.87. The number of anilines is 1. The SMILES string of the molecule is N#CC(=Cc1ccc(-c2ccc(Cl)c(C(=O)O)c2)o1)c1[nH]nc(N)c1C#N. The van der Waals surface area contributed by atoms with Crippen molar-refractivity contribution < 1.29 is 14.3 Å². The summed E-state index contributed by atoms with van der Waals surface area (Å²) in [6.45, 7) is 0. The van der Waals surface area contributed by atoms with Gasteiger partial charge >= 0.3 is 5.97 Å². The van der Waals surface area contributed by atoms with Gasteiger partial charge in [0.1, 0.15) is 29.2 Å². The third-order valence-electron chi connectivity index (χ3n) is 3.69. The molecule has 0 fully saturated rings. The molecule has 0 saturated carbocycles. The van der Waals surface area contributed by atoms with E-state index in [1.165, 1.54) is 18.2 Å². The van der Waals surface area contributed by atoms with Crippen LogP contribution >= 0.6 is 11.6 Å². The van der Waals surface area contributed by atoms with Crippen molar-refractivity contribution >= 4 is 35.0 Å². The molecule has 0 saturated heterocycles. The van der Waals surface area contributed by atoms with Gasteiger partial charge in [0.2, 0.25) is 0 Å². The lowest BCUT2D eigenvalue weighted by Gasteiger charge is -2.02. The molecule has 2 heterocycles. The van der Waals surface area contributed by atoms with E-state index in [2.05, 4.69) is 10.2 Å². The van der Waals surface area contributed by atoms with Gasteiger partial charge in [0.05, 0.1) is 21.9 Å². The van der Waals surface area contributed by atoms with Crippen LogP contribution in [0.2, 0.25) is 5.02 Å². The molecule has 0 bridgehead atoms. The normalized spacial score (nSPS) is 11.0. The number of nitrogens with two attached hydrogens (primary N) is 1. The Bertz CT molecular complexity index is 1160. The lowest BCUT2D eigenvalue weighted by molar-refractivity contribution is 0.0697. The van der Waals surface area contributed by atoms with Crippen LogP contribution in [0, 0.1) is 22.7 Å². The fraction of sp³-hybridized carbons (Fsp3) is 0. The number of hydrogen-bond acceptors (Lipinski definition) is 6. The summed E-state index contributed by atoms with van der Waals surface area (Å²) in [6.07, 6.45) is 1.42. The summed E-state index contributed by atoms with van der Waals surface area (Å²) in [5, 5.41) is 34.1. The van der Waals surface area contributed by atoms with Crippen LogP contribution in [0.1, 0.15) is 27.4 Å². The number of nitriles is 2. The molecule has 132 valence electrons. The number of nitrogens with zero attached hydrogens (tertiary/aromatic N) is 3. The van der Waals surface area contributed by atoms with Gasteiger partial charge in [0.15, 0.2) is 5.82 Å². The van der Waals surface area contributed by atoms with E-state index in [1.54, 1.807) is 18.2 Å². The Morgan fingerprint density at radius 1 is 1.33 bits per heavy atom. The molecule has 0 unspecified atom stereocenters. The minimum Gasteiger partial charge on any atom is -0.478 e. The molecular weight excluding hydrogens is 370 g/mol. The molecule has 1 aromatic carbocycles. The highest BCUT2D eigenvalue weighted by molar-refractivity contribution is 6.33. The molecule has 4 N–H and O–H groups in total. The van der Waals surface area contributed by atoms with Gasteiger partial charge in [-0.2, -0.15) is 15.6 Å². The number of rotatable bonds is 4. The minimum atomic E-state index is -1.15. The predicted octanol–water partition coefficient (Wildman–Crippen LogP) is 3.54. The summed E-state index contributed by atoms with van der Waals surface area (Å²) in [7, 11) is 0. The van der Waals surface area contributed by atoms with Crippen molar-refractivity contribution in [2.24, 2.45) is 0 Å². The number of allylic oxidation sites excluding steroid dienone is 1. The Morgan fingerprint density at radius 2 is 2.11 bits per heavy atom. The first kappa shape index (κ1) is 17.8. The number of benzene rings is 1. The Labute approximate surface area is 157 Å². The fourth-order valence-electron chi connectivity index (χ4n) is 2.39. The van der Waals surface area contributed by atoms with Crippen LogP contribution in [-0.4, -0.2) is 21.3 Å². The van der Waals surface area contributed by atoms with E-state index < -0.39 is 5.97 Å². The molecule has 0 aliphatic rings. The van der Waals surface area contributed by atoms with E-state index in [4.69, 9.17) is 32.1 Å². The van der Waals surface area contributed by atoms with Crippen LogP contribution in [0.3, 0.4) is 0 Å². The minimum absolute atomic E-state index is 0.00357. The van der Waals surface area contributed by atoms with Gasteiger partial charge in [-0.05, 0) is 30.3 Å². The van der Waals surface area contributed by atoms with E-state index in [9.17, 15) is 10.1 Å². The first-order chi connectivity index (χ1) is 12.9. The number of aromatic nitrogens is 2. The monoisotopic (exact) mass is 379 g/mol. The second kappa shape index (κ2) is 7.08. The number of halogens is 1. The van der Waals surface area contributed by atoms with Gasteiger partial charge in [0.25, 0.3) is 0 Å². The smallest absolute Gasteiger partial charge is 0.337 e. The molecule has 27 heavy (non-hydrogen) atoms. The highest BCUT2D eigenvalue weighted by Gasteiger charge is 2.16. The first-order valence-electron chi connectivity index (χ1n) is 7.43. The molecule has 0 aliphatic heterocycles. The van der Waals surface area contributed by atoms with Gasteiger partial charge in [-0.15, -0.1) is 0 Å². The third-order valence-corrected chi connectivity index (χ3v) is 4.02. The standard InChI is InChI=1S/C18H10ClN5O3/c19-14-3-1-9(6-12(14)18(25)26)15-4-2-11(27-15)5-10(7-20)16-13(8-21)17(22)24-23-16/h1-6H,(H,25,26)(H3,22,23,24). The Kier molecular flexibility index (Phi) is 4.67. The van der Waals surface area contributed by atoms with Crippen LogP contribution < -0.4 is 5.73 Å². The summed E-state index contributed by atoms with van der Waals surface area (Å²) < 4.78 is 5.67. The molecule has 0 aliphatic carbocycles. The number of aromatic carboxylic acids is 1. The number of carbonyl (C=O) groups is 1. The van der Waals surface area contributed by atoms with Crippen molar-refractivity contribution in [3.05, 3.63) is 57.9 Å². The van der Waals surface area contributed by atoms with E-state index in [-0.39, 0.29) is 33.2 Å². The van der Waals surface area contributed by atoms with Crippen molar-refractivity contribution in [1.82, 2.24) is 10.2 Å². The summed E-state index contributed by atoms with van der Waals surface area (Å²) in [4.78, 5) is 11.2. The van der Waals surface area contributed by atoms with Gasteiger partial charge in [-0.1, -0.05) is 11.6 Å². The van der Waals surface area contributed by atoms with Gasteiger partial charge in [-0.25, -0.2) is 4.79 Å². The number of nitrogens with one attached hydrogen (secondary N) is 1. The summed E-state index contributed by atoms with van der Waals surface area (Å²) in [6, 6.07) is 11.6. The van der Waals surface area contributed by atoms with Crippen molar-refractivity contribution in [2.45, 2.75) is 0 Å². The maximum absolute atomic E-state index is 11.2. The maximum Gasteiger partial charge on any atom is 0.337 e. The number of nitrogen functional groups attached to an aromatic ring is 1. The van der Waals surface area contributed by atoms with Crippen LogP contribution in [-0.2, 0) is 0 Å². The molecular formula is C18H10ClN5O3. The third kappa shape index (κ3) is 3.38. The number of aromatic amines is 1. The lowest BCUT2D eigenvalue weighted by atomic mass is 10.1. The molecule has 0 spiro atoms. The quantitative estimate of drug-likeness (QED) is 0.586. The first-order valence-corrected chi connectivity index (χ1v) is 7.81. The average molecular weight is 380 g/mol. The molecule has 0 radical (unpaired) electrons. The van der Waals surface area contributed by atoms with Crippen molar-refractivity contribution in [1.29, 1.82) is 10.5 Å². The highest BCUT2D eigenvalue weighted by atomic mass is 35.5. The molecule has 2 aromatic heterocycles. The molecule has 8 nitrogen and oxygen atoms in total. The Morgan fingerprint density at radius 3 is 2.78 bits per heavy atom. The van der Waals surface area contributed by atoms with Gasteiger partial charge in [0, 0.05) is 11.6 Å². The van der Waals surface area contributed by atoms with E-state index in [0.29, 0.717) is 17.1 Å².